The van der Waals surface area contributed by atoms with Crippen molar-refractivity contribution in [2.45, 2.75) is 13.8 Å². The van der Waals surface area contributed by atoms with Crippen LogP contribution in [0.5, 0.6) is 0 Å². The van der Waals surface area contributed by atoms with Crippen molar-refractivity contribution < 1.29 is 4.79 Å². The molecule has 0 N–H and O–H groups in total. The molecule has 0 aliphatic carbocycles. The lowest BCUT2D eigenvalue weighted by molar-refractivity contribution is 0.0988. The smallest absolute Gasteiger partial charge is 0.259 e. The monoisotopic (exact) mass is 351 g/mol. The van der Waals surface area contributed by atoms with Gasteiger partial charge in [0.15, 0.2) is 0 Å². The Hall–Kier alpha value is -1.32. The SMILES string of the molecule is CCN(C(=O)c1cccc(Br)c1Cl)c1ccc(C)cc1. The summed E-state index contributed by atoms with van der Waals surface area (Å²) in [6, 6.07) is 13.3. The topological polar surface area (TPSA) is 20.3 Å². The number of hydrogen-bond donors (Lipinski definition) is 0. The zero-order valence-electron chi connectivity index (χ0n) is 11.4. The quantitative estimate of drug-likeness (QED) is 0.754. The van der Waals surface area contributed by atoms with E-state index in [1.54, 1.807) is 11.0 Å². The highest BCUT2D eigenvalue weighted by molar-refractivity contribution is 9.10. The third-order valence-electron chi connectivity index (χ3n) is 3.09. The Morgan fingerprint density at radius 2 is 1.85 bits per heavy atom. The summed E-state index contributed by atoms with van der Waals surface area (Å²) in [6.07, 6.45) is 0. The first-order valence-corrected chi connectivity index (χ1v) is 7.54. The lowest BCUT2D eigenvalue weighted by atomic mass is 10.1. The Morgan fingerprint density at radius 3 is 2.45 bits per heavy atom. The second kappa shape index (κ2) is 6.42. The number of carbonyl (C=O) groups is 1. The lowest BCUT2D eigenvalue weighted by Gasteiger charge is -2.22. The van der Waals surface area contributed by atoms with Gasteiger partial charge in [-0.1, -0.05) is 35.4 Å². The molecular formula is C16H15BrClNO. The normalized spacial score (nSPS) is 10.4. The van der Waals surface area contributed by atoms with Gasteiger partial charge in [-0.15, -0.1) is 0 Å². The zero-order chi connectivity index (χ0) is 14.7. The number of aryl methyl sites for hydroxylation is 1. The summed E-state index contributed by atoms with van der Waals surface area (Å²) >= 11 is 9.56. The molecule has 0 fully saturated rings. The minimum Gasteiger partial charge on any atom is -0.309 e. The number of anilines is 1. The zero-order valence-corrected chi connectivity index (χ0v) is 13.7. The third kappa shape index (κ3) is 3.05. The van der Waals surface area contributed by atoms with Crippen LogP contribution in [0.3, 0.4) is 0 Å². The van der Waals surface area contributed by atoms with Crippen molar-refractivity contribution in [2.24, 2.45) is 0 Å². The Morgan fingerprint density at radius 1 is 1.20 bits per heavy atom. The highest BCUT2D eigenvalue weighted by Crippen LogP contribution is 2.28. The van der Waals surface area contributed by atoms with E-state index in [9.17, 15) is 4.79 Å². The second-order valence-corrected chi connectivity index (χ2v) is 5.72. The van der Waals surface area contributed by atoms with E-state index in [0.717, 1.165) is 15.7 Å². The first-order chi connectivity index (χ1) is 9.54. The van der Waals surface area contributed by atoms with E-state index in [2.05, 4.69) is 15.9 Å². The van der Waals surface area contributed by atoms with Gasteiger partial charge >= 0.3 is 0 Å². The van der Waals surface area contributed by atoms with Crippen LogP contribution in [0.1, 0.15) is 22.8 Å². The van der Waals surface area contributed by atoms with Gasteiger partial charge in [-0.05, 0) is 54.0 Å². The summed E-state index contributed by atoms with van der Waals surface area (Å²) in [5.41, 5.74) is 2.54. The number of benzene rings is 2. The van der Waals surface area contributed by atoms with Crippen molar-refractivity contribution in [1.82, 2.24) is 0 Å². The second-order valence-electron chi connectivity index (χ2n) is 4.49. The molecule has 0 saturated heterocycles. The van der Waals surface area contributed by atoms with Crippen LogP contribution in [0.2, 0.25) is 5.02 Å². The summed E-state index contributed by atoms with van der Waals surface area (Å²) in [7, 11) is 0. The highest BCUT2D eigenvalue weighted by Gasteiger charge is 2.19. The van der Waals surface area contributed by atoms with Crippen LogP contribution in [0.4, 0.5) is 5.69 Å². The maximum Gasteiger partial charge on any atom is 0.259 e. The molecule has 0 aromatic heterocycles. The average molecular weight is 353 g/mol. The third-order valence-corrected chi connectivity index (χ3v) is 4.39. The van der Waals surface area contributed by atoms with Gasteiger partial charge in [0.2, 0.25) is 0 Å². The summed E-state index contributed by atoms with van der Waals surface area (Å²) in [4.78, 5) is 14.4. The maximum absolute atomic E-state index is 12.7. The van der Waals surface area contributed by atoms with E-state index >= 15 is 0 Å². The fraction of sp³-hybridized carbons (Fsp3) is 0.188. The molecule has 4 heteroatoms. The Kier molecular flexibility index (Phi) is 4.84. The van der Waals surface area contributed by atoms with Crippen LogP contribution in [0, 0.1) is 6.92 Å². The number of rotatable bonds is 3. The fourth-order valence-electron chi connectivity index (χ4n) is 1.98. The molecule has 0 aliphatic heterocycles. The number of halogens is 2. The van der Waals surface area contributed by atoms with E-state index < -0.39 is 0 Å². The molecule has 0 heterocycles. The predicted octanol–water partition coefficient (Wildman–Crippen LogP) is 5.08. The van der Waals surface area contributed by atoms with Crippen molar-refractivity contribution >= 4 is 39.1 Å². The summed E-state index contributed by atoms with van der Waals surface area (Å²) in [5, 5.41) is 0.447. The Balaban J connectivity index is 2.39. The van der Waals surface area contributed by atoms with Crippen molar-refractivity contribution in [2.75, 3.05) is 11.4 Å². The molecule has 20 heavy (non-hydrogen) atoms. The average Bonchev–Trinajstić information content (AvgIpc) is 2.44. The molecule has 2 aromatic rings. The van der Waals surface area contributed by atoms with Crippen LogP contribution in [0.25, 0.3) is 0 Å². The van der Waals surface area contributed by atoms with Gasteiger partial charge in [-0.2, -0.15) is 0 Å². The van der Waals surface area contributed by atoms with Gasteiger partial charge in [0.25, 0.3) is 5.91 Å². The summed E-state index contributed by atoms with van der Waals surface area (Å²) in [6.45, 7) is 4.56. The van der Waals surface area contributed by atoms with Gasteiger partial charge < -0.3 is 4.90 Å². The van der Waals surface area contributed by atoms with E-state index in [1.807, 2.05) is 50.2 Å². The number of nitrogens with zero attached hydrogens (tertiary/aromatic N) is 1. The molecule has 1 amide bonds. The largest absolute Gasteiger partial charge is 0.309 e. The maximum atomic E-state index is 12.7. The fourth-order valence-corrected chi connectivity index (χ4v) is 2.56. The molecular weight excluding hydrogens is 338 g/mol. The number of carbonyl (C=O) groups excluding carboxylic acids is 1. The van der Waals surface area contributed by atoms with E-state index in [1.165, 1.54) is 0 Å². The van der Waals surface area contributed by atoms with Gasteiger partial charge in [0.05, 0.1) is 10.6 Å². The van der Waals surface area contributed by atoms with E-state index in [0.29, 0.717) is 17.1 Å². The molecule has 104 valence electrons. The minimum atomic E-state index is -0.0948. The van der Waals surface area contributed by atoms with Gasteiger partial charge in [0, 0.05) is 16.7 Å². The van der Waals surface area contributed by atoms with Gasteiger partial charge in [0.1, 0.15) is 0 Å². The molecule has 0 aliphatic rings. The summed E-state index contributed by atoms with van der Waals surface area (Å²) < 4.78 is 0.727. The standard InChI is InChI=1S/C16H15BrClNO/c1-3-19(12-9-7-11(2)8-10-12)16(20)13-5-4-6-14(17)15(13)18/h4-10H,3H2,1-2H3. The van der Waals surface area contributed by atoms with Crippen molar-refractivity contribution in [3.8, 4) is 0 Å². The molecule has 0 unspecified atom stereocenters. The molecule has 2 rings (SSSR count). The molecule has 0 spiro atoms. The van der Waals surface area contributed by atoms with Crippen LogP contribution >= 0.6 is 27.5 Å². The van der Waals surface area contributed by atoms with Crippen LogP contribution in [-0.4, -0.2) is 12.5 Å². The molecule has 2 aromatic carbocycles. The highest BCUT2D eigenvalue weighted by atomic mass is 79.9. The van der Waals surface area contributed by atoms with Crippen molar-refractivity contribution in [3.05, 3.63) is 63.1 Å². The number of amides is 1. The van der Waals surface area contributed by atoms with Gasteiger partial charge in [-0.3, -0.25) is 4.79 Å². The molecule has 2 nitrogen and oxygen atoms in total. The Labute approximate surface area is 132 Å². The first-order valence-electron chi connectivity index (χ1n) is 6.37. The molecule has 0 saturated carbocycles. The van der Waals surface area contributed by atoms with Crippen LogP contribution < -0.4 is 4.90 Å². The minimum absolute atomic E-state index is 0.0948. The van der Waals surface area contributed by atoms with Crippen molar-refractivity contribution in [1.29, 1.82) is 0 Å². The first kappa shape index (κ1) is 15.1. The number of hydrogen-bond acceptors (Lipinski definition) is 1. The lowest BCUT2D eigenvalue weighted by Crippen LogP contribution is -2.30. The molecule has 0 radical (unpaired) electrons. The molecule has 0 atom stereocenters. The van der Waals surface area contributed by atoms with E-state index in [-0.39, 0.29) is 5.91 Å². The predicted molar refractivity (Wildman–Crippen MR) is 87.7 cm³/mol. The summed E-state index contributed by atoms with van der Waals surface area (Å²) in [5.74, 6) is -0.0948. The van der Waals surface area contributed by atoms with E-state index in [4.69, 9.17) is 11.6 Å². The van der Waals surface area contributed by atoms with Crippen LogP contribution in [-0.2, 0) is 0 Å². The molecule has 0 bridgehead atoms. The Bertz CT molecular complexity index is 625. The van der Waals surface area contributed by atoms with Crippen LogP contribution in [0.15, 0.2) is 46.9 Å². The van der Waals surface area contributed by atoms with Gasteiger partial charge in [-0.25, -0.2) is 0 Å². The van der Waals surface area contributed by atoms with Crippen molar-refractivity contribution in [3.63, 3.8) is 0 Å².